The van der Waals surface area contributed by atoms with Crippen molar-refractivity contribution in [3.8, 4) is 0 Å². The van der Waals surface area contributed by atoms with Crippen LogP contribution in [-0.2, 0) is 9.59 Å². The van der Waals surface area contributed by atoms with Gasteiger partial charge in [0.05, 0.1) is 17.4 Å². The van der Waals surface area contributed by atoms with E-state index in [0.717, 1.165) is 0 Å². The molecule has 4 rings (SSSR count). The summed E-state index contributed by atoms with van der Waals surface area (Å²) >= 11 is 6.38. The third-order valence-corrected chi connectivity index (χ3v) is 5.91. The van der Waals surface area contributed by atoms with E-state index in [1.54, 1.807) is 36.4 Å². The highest BCUT2D eigenvalue weighted by molar-refractivity contribution is 6.31. The molecule has 0 fully saturated rings. The van der Waals surface area contributed by atoms with Crippen molar-refractivity contribution in [3.05, 3.63) is 70.4 Å². The zero-order chi connectivity index (χ0) is 22.6. The van der Waals surface area contributed by atoms with Crippen molar-refractivity contribution in [1.29, 1.82) is 0 Å². The Morgan fingerprint density at radius 2 is 1.74 bits per heavy atom. The largest absolute Gasteiger partial charge is 0.471 e. The maximum Gasteiger partial charge on any atom is 0.471 e. The molecule has 2 aliphatic rings. The summed E-state index contributed by atoms with van der Waals surface area (Å²) in [5.74, 6) is -2.37. The first-order valence-corrected chi connectivity index (χ1v) is 10.1. The van der Waals surface area contributed by atoms with Crippen LogP contribution in [0.1, 0.15) is 38.3 Å². The number of anilines is 2. The molecule has 1 heterocycles. The second-order valence-corrected chi connectivity index (χ2v) is 8.98. The van der Waals surface area contributed by atoms with Crippen molar-refractivity contribution >= 4 is 34.7 Å². The minimum atomic E-state index is -5.14. The molecule has 1 atom stereocenters. The van der Waals surface area contributed by atoms with Crippen LogP contribution in [0, 0.1) is 5.41 Å². The number of rotatable bonds is 1. The molecule has 2 aromatic carbocycles. The number of carbonyl (C=O) groups excluding carboxylic acids is 2. The SMILES string of the molecule is CC1(C)CC(=O)C2=C(C1)Nc1ccccc1N(C(=O)C(F)(F)F)C2c1ccccc1Cl. The number of para-hydroxylation sites is 2. The molecule has 1 amide bonds. The van der Waals surface area contributed by atoms with Gasteiger partial charge < -0.3 is 5.32 Å². The third kappa shape index (κ3) is 3.83. The molecule has 1 unspecified atom stereocenters. The number of ketones is 1. The van der Waals surface area contributed by atoms with E-state index in [0.29, 0.717) is 22.7 Å². The predicted octanol–water partition coefficient (Wildman–Crippen LogP) is 6.05. The van der Waals surface area contributed by atoms with E-state index in [4.69, 9.17) is 11.6 Å². The average molecular weight is 449 g/mol. The lowest BCUT2D eigenvalue weighted by atomic mass is 9.73. The van der Waals surface area contributed by atoms with E-state index in [-0.39, 0.29) is 39.5 Å². The van der Waals surface area contributed by atoms with Gasteiger partial charge in [-0.05, 0) is 35.6 Å². The van der Waals surface area contributed by atoms with Gasteiger partial charge in [-0.25, -0.2) is 0 Å². The van der Waals surface area contributed by atoms with Crippen LogP contribution in [0.2, 0.25) is 5.02 Å². The maximum absolute atomic E-state index is 13.7. The lowest BCUT2D eigenvalue weighted by molar-refractivity contribution is -0.170. The van der Waals surface area contributed by atoms with E-state index in [1.807, 2.05) is 13.8 Å². The molecule has 0 saturated carbocycles. The summed E-state index contributed by atoms with van der Waals surface area (Å²) in [4.78, 5) is 26.7. The van der Waals surface area contributed by atoms with E-state index >= 15 is 0 Å². The molecule has 0 aromatic heterocycles. The van der Waals surface area contributed by atoms with Gasteiger partial charge in [0.2, 0.25) is 0 Å². The smallest absolute Gasteiger partial charge is 0.357 e. The molecule has 0 spiro atoms. The Balaban J connectivity index is 2.06. The van der Waals surface area contributed by atoms with Crippen LogP contribution in [0.4, 0.5) is 24.5 Å². The number of fused-ring (bicyclic) bond motifs is 1. The standard InChI is InChI=1S/C23H20ClF3N2O2/c1-22(2)11-16-19(18(30)12-22)20(13-7-3-4-8-14(13)24)29(21(31)23(25,26)27)17-10-6-5-9-15(17)28-16/h3-10,20,28H,11-12H2,1-2H3. The fourth-order valence-corrected chi connectivity index (χ4v) is 4.58. The number of benzene rings is 2. The molecule has 4 nitrogen and oxygen atoms in total. The number of hydrogen-bond donors (Lipinski definition) is 1. The van der Waals surface area contributed by atoms with Crippen molar-refractivity contribution in [2.24, 2.45) is 5.41 Å². The van der Waals surface area contributed by atoms with Crippen molar-refractivity contribution in [3.63, 3.8) is 0 Å². The Hall–Kier alpha value is -2.80. The fourth-order valence-electron chi connectivity index (χ4n) is 4.34. The first-order chi connectivity index (χ1) is 14.5. The summed E-state index contributed by atoms with van der Waals surface area (Å²) in [6, 6.07) is 11.3. The molecular formula is C23H20ClF3N2O2. The molecule has 0 bridgehead atoms. The van der Waals surface area contributed by atoms with Crippen molar-refractivity contribution in [2.45, 2.75) is 38.9 Å². The highest BCUT2D eigenvalue weighted by atomic mass is 35.5. The molecule has 1 N–H and O–H groups in total. The second-order valence-electron chi connectivity index (χ2n) is 8.57. The number of nitrogens with zero attached hydrogens (tertiary/aromatic N) is 1. The number of nitrogens with one attached hydrogen (secondary N) is 1. The van der Waals surface area contributed by atoms with E-state index < -0.39 is 18.1 Å². The van der Waals surface area contributed by atoms with Crippen molar-refractivity contribution in [2.75, 3.05) is 10.2 Å². The third-order valence-electron chi connectivity index (χ3n) is 5.56. The monoisotopic (exact) mass is 448 g/mol. The summed E-state index contributed by atoms with van der Waals surface area (Å²) in [5, 5.41) is 3.33. The zero-order valence-electron chi connectivity index (χ0n) is 16.9. The van der Waals surface area contributed by atoms with Gasteiger partial charge in [0, 0.05) is 22.7 Å². The molecule has 8 heteroatoms. The Morgan fingerprint density at radius 1 is 1.10 bits per heavy atom. The van der Waals surface area contributed by atoms with Gasteiger partial charge in [0.15, 0.2) is 5.78 Å². The summed E-state index contributed by atoms with van der Waals surface area (Å²) < 4.78 is 41.2. The van der Waals surface area contributed by atoms with E-state index in [2.05, 4.69) is 5.32 Å². The number of allylic oxidation sites excluding steroid dienone is 1. The lowest BCUT2D eigenvalue weighted by Crippen LogP contribution is -2.45. The predicted molar refractivity (Wildman–Crippen MR) is 113 cm³/mol. The van der Waals surface area contributed by atoms with Crippen LogP contribution in [0.5, 0.6) is 0 Å². The number of halogens is 4. The van der Waals surface area contributed by atoms with Crippen molar-refractivity contribution in [1.82, 2.24) is 0 Å². The van der Waals surface area contributed by atoms with Crippen LogP contribution in [0.3, 0.4) is 0 Å². The van der Waals surface area contributed by atoms with Crippen LogP contribution in [-0.4, -0.2) is 17.9 Å². The van der Waals surface area contributed by atoms with Gasteiger partial charge in [-0.1, -0.05) is 55.8 Å². The van der Waals surface area contributed by atoms with Crippen LogP contribution in [0.25, 0.3) is 0 Å². The fraction of sp³-hybridized carbons (Fsp3) is 0.304. The Bertz CT molecular complexity index is 1110. The number of hydrogen-bond acceptors (Lipinski definition) is 3. The highest BCUT2D eigenvalue weighted by Gasteiger charge is 2.50. The maximum atomic E-state index is 13.7. The summed E-state index contributed by atoms with van der Waals surface area (Å²) in [6.45, 7) is 3.85. The van der Waals surface area contributed by atoms with Gasteiger partial charge >= 0.3 is 12.1 Å². The molecule has 1 aliphatic heterocycles. The van der Waals surface area contributed by atoms with E-state index in [1.165, 1.54) is 12.1 Å². The number of alkyl halides is 3. The molecular weight excluding hydrogens is 429 g/mol. The van der Waals surface area contributed by atoms with Gasteiger partial charge in [0.25, 0.3) is 0 Å². The number of carbonyl (C=O) groups is 2. The van der Waals surface area contributed by atoms with Gasteiger partial charge in [-0.2, -0.15) is 13.2 Å². The first-order valence-electron chi connectivity index (χ1n) is 9.77. The quantitative estimate of drug-likeness (QED) is 0.578. The molecule has 2 aromatic rings. The van der Waals surface area contributed by atoms with Crippen LogP contribution < -0.4 is 10.2 Å². The normalized spacial score (nSPS) is 20.5. The Kier molecular flexibility index (Phi) is 5.12. The molecule has 0 saturated heterocycles. The first kappa shape index (κ1) is 21.4. The number of Topliss-reactive ketones (excluding diaryl/α,β-unsaturated/α-hetero) is 1. The minimum absolute atomic E-state index is 0.0368. The number of amides is 1. The van der Waals surface area contributed by atoms with Gasteiger partial charge in [0.1, 0.15) is 0 Å². The molecule has 31 heavy (non-hydrogen) atoms. The summed E-state index contributed by atoms with van der Waals surface area (Å²) in [5.41, 5.74) is 0.895. The topological polar surface area (TPSA) is 49.4 Å². The van der Waals surface area contributed by atoms with Crippen molar-refractivity contribution < 1.29 is 22.8 Å². The molecule has 162 valence electrons. The van der Waals surface area contributed by atoms with Gasteiger partial charge in [-0.15, -0.1) is 0 Å². The van der Waals surface area contributed by atoms with E-state index in [9.17, 15) is 22.8 Å². The second kappa shape index (κ2) is 7.41. The Labute approximate surface area is 182 Å². The highest BCUT2D eigenvalue weighted by Crippen LogP contribution is 2.50. The molecule has 0 radical (unpaired) electrons. The summed E-state index contributed by atoms with van der Waals surface area (Å²) in [7, 11) is 0. The van der Waals surface area contributed by atoms with Crippen LogP contribution >= 0.6 is 11.6 Å². The Morgan fingerprint density at radius 3 is 2.42 bits per heavy atom. The van der Waals surface area contributed by atoms with Crippen LogP contribution in [0.15, 0.2) is 59.8 Å². The minimum Gasteiger partial charge on any atom is -0.357 e. The summed E-state index contributed by atoms with van der Waals surface area (Å²) in [6.07, 6.45) is -4.55. The average Bonchev–Trinajstić information content (AvgIpc) is 2.80. The zero-order valence-corrected chi connectivity index (χ0v) is 17.6. The lowest BCUT2D eigenvalue weighted by Gasteiger charge is -2.37. The molecule has 1 aliphatic carbocycles. The van der Waals surface area contributed by atoms with Gasteiger partial charge in [-0.3, -0.25) is 14.5 Å².